The second-order valence-electron chi connectivity index (χ2n) is 4.89. The summed E-state index contributed by atoms with van der Waals surface area (Å²) in [4.78, 5) is 12.3. The van der Waals surface area contributed by atoms with Crippen LogP contribution in [0.3, 0.4) is 0 Å². The summed E-state index contributed by atoms with van der Waals surface area (Å²) in [6.45, 7) is 4.22. The van der Waals surface area contributed by atoms with E-state index in [1.165, 1.54) is 5.57 Å². The lowest BCUT2D eigenvalue weighted by Gasteiger charge is -2.21. The van der Waals surface area contributed by atoms with E-state index in [4.69, 9.17) is 4.74 Å². The number of para-hydroxylation sites is 1. The molecule has 0 saturated carbocycles. The predicted molar refractivity (Wildman–Crippen MR) is 76.1 cm³/mol. The van der Waals surface area contributed by atoms with E-state index in [1.54, 1.807) is 19.2 Å². The van der Waals surface area contributed by atoms with Crippen LogP contribution in [0.1, 0.15) is 30.6 Å². The highest BCUT2D eigenvalue weighted by Gasteiger charge is 2.18. The highest BCUT2D eigenvalue weighted by Crippen LogP contribution is 2.24. The fourth-order valence-electron chi connectivity index (χ4n) is 2.25. The lowest BCUT2D eigenvalue weighted by atomic mass is 9.93. The minimum Gasteiger partial charge on any atom is -0.496 e. The number of allylic oxidation sites excluding steroid dienone is 4. The molecule has 1 atom stereocenters. The lowest BCUT2D eigenvalue weighted by Crippen LogP contribution is -2.27. The first-order valence-electron chi connectivity index (χ1n) is 6.43. The molecule has 1 aliphatic rings. The van der Waals surface area contributed by atoms with E-state index in [-0.39, 0.29) is 5.91 Å². The van der Waals surface area contributed by atoms with E-state index in [1.807, 2.05) is 18.2 Å². The zero-order chi connectivity index (χ0) is 13.8. The van der Waals surface area contributed by atoms with Crippen LogP contribution in [0.5, 0.6) is 5.75 Å². The summed E-state index contributed by atoms with van der Waals surface area (Å²) in [7, 11) is 1.57. The van der Waals surface area contributed by atoms with Gasteiger partial charge in [-0.15, -0.1) is 0 Å². The molecule has 1 aromatic rings. The number of methoxy groups -OCH3 is 1. The first-order valence-corrected chi connectivity index (χ1v) is 6.43. The summed E-state index contributed by atoms with van der Waals surface area (Å²) in [6, 6.07) is 7.24. The third-order valence-corrected chi connectivity index (χ3v) is 3.32. The Morgan fingerprint density at radius 1 is 1.32 bits per heavy atom. The van der Waals surface area contributed by atoms with Crippen molar-refractivity contribution < 1.29 is 9.53 Å². The van der Waals surface area contributed by atoms with Gasteiger partial charge in [-0.3, -0.25) is 4.79 Å². The van der Waals surface area contributed by atoms with Crippen molar-refractivity contribution in [2.45, 2.75) is 20.3 Å². The lowest BCUT2D eigenvalue weighted by molar-refractivity contribution is 0.0958. The molecule has 0 saturated heterocycles. The Bertz CT molecular complexity index is 543. The van der Waals surface area contributed by atoms with E-state index in [0.717, 1.165) is 12.1 Å². The number of ether oxygens (including phenoxy) is 1. The highest BCUT2D eigenvalue weighted by molar-refractivity contribution is 5.98. The first kappa shape index (κ1) is 13.4. The highest BCUT2D eigenvalue weighted by atomic mass is 16.5. The molecule has 2 rings (SSSR count). The minimum absolute atomic E-state index is 0.122. The average molecular weight is 257 g/mol. The third kappa shape index (κ3) is 3.05. The molecule has 1 unspecified atom stereocenters. The molecule has 0 bridgehead atoms. The maximum Gasteiger partial charge on any atom is 0.259 e. The van der Waals surface area contributed by atoms with Crippen molar-refractivity contribution in [3.63, 3.8) is 0 Å². The molecule has 19 heavy (non-hydrogen) atoms. The number of carbonyl (C=O) groups is 1. The summed E-state index contributed by atoms with van der Waals surface area (Å²) in [5.41, 5.74) is 2.86. The molecule has 100 valence electrons. The summed E-state index contributed by atoms with van der Waals surface area (Å²) in [5.74, 6) is 0.808. The molecule has 0 spiro atoms. The van der Waals surface area contributed by atoms with E-state index in [9.17, 15) is 4.79 Å². The fourth-order valence-corrected chi connectivity index (χ4v) is 2.25. The summed E-state index contributed by atoms with van der Waals surface area (Å²) < 4.78 is 5.21. The minimum atomic E-state index is -0.122. The molecule has 1 amide bonds. The van der Waals surface area contributed by atoms with Crippen molar-refractivity contribution in [2.24, 2.45) is 5.92 Å². The molecule has 1 aliphatic carbocycles. The Kier molecular flexibility index (Phi) is 4.05. The SMILES string of the molecule is COc1ccccc1C(=O)NC1=CC=C(C)CC1C. The Hall–Kier alpha value is -2.03. The van der Waals surface area contributed by atoms with Crippen molar-refractivity contribution in [3.05, 3.63) is 53.3 Å². The van der Waals surface area contributed by atoms with Crippen LogP contribution in [0.25, 0.3) is 0 Å². The van der Waals surface area contributed by atoms with E-state index in [2.05, 4.69) is 25.2 Å². The maximum absolute atomic E-state index is 12.3. The smallest absolute Gasteiger partial charge is 0.259 e. The molecular weight excluding hydrogens is 238 g/mol. The van der Waals surface area contributed by atoms with Gasteiger partial charge >= 0.3 is 0 Å². The number of carbonyl (C=O) groups excluding carboxylic acids is 1. The molecule has 1 N–H and O–H groups in total. The van der Waals surface area contributed by atoms with Gasteiger partial charge in [0, 0.05) is 5.70 Å². The topological polar surface area (TPSA) is 38.3 Å². The molecular formula is C16H19NO2. The van der Waals surface area contributed by atoms with Gasteiger partial charge in [0.2, 0.25) is 0 Å². The number of rotatable bonds is 3. The van der Waals surface area contributed by atoms with Gasteiger partial charge < -0.3 is 10.1 Å². The average Bonchev–Trinajstić information content (AvgIpc) is 2.41. The third-order valence-electron chi connectivity index (χ3n) is 3.32. The molecule has 3 nitrogen and oxygen atoms in total. The summed E-state index contributed by atoms with van der Waals surface area (Å²) >= 11 is 0. The zero-order valence-corrected chi connectivity index (χ0v) is 11.6. The van der Waals surface area contributed by atoms with Crippen LogP contribution in [-0.2, 0) is 0 Å². The fraction of sp³-hybridized carbons (Fsp3) is 0.312. The van der Waals surface area contributed by atoms with Crippen LogP contribution < -0.4 is 10.1 Å². The van der Waals surface area contributed by atoms with Gasteiger partial charge in [0.05, 0.1) is 12.7 Å². The van der Waals surface area contributed by atoms with Crippen LogP contribution in [0.2, 0.25) is 0 Å². The molecule has 0 fully saturated rings. The number of amides is 1. The van der Waals surface area contributed by atoms with Crippen LogP contribution in [-0.4, -0.2) is 13.0 Å². The largest absolute Gasteiger partial charge is 0.496 e. The molecule has 0 heterocycles. The number of nitrogens with one attached hydrogen (secondary N) is 1. The first-order chi connectivity index (χ1) is 9.11. The normalized spacial score (nSPS) is 18.4. The maximum atomic E-state index is 12.3. The van der Waals surface area contributed by atoms with Gasteiger partial charge in [0.25, 0.3) is 5.91 Å². The van der Waals surface area contributed by atoms with Crippen LogP contribution in [0.4, 0.5) is 0 Å². The van der Waals surface area contributed by atoms with Crippen LogP contribution in [0, 0.1) is 5.92 Å². The quantitative estimate of drug-likeness (QED) is 0.902. The van der Waals surface area contributed by atoms with Gasteiger partial charge in [-0.25, -0.2) is 0 Å². The van der Waals surface area contributed by atoms with Gasteiger partial charge in [-0.05, 0) is 37.5 Å². The Labute approximate surface area is 114 Å². The van der Waals surface area contributed by atoms with E-state index in [0.29, 0.717) is 17.2 Å². The number of hydrogen-bond donors (Lipinski definition) is 1. The molecule has 3 heteroatoms. The van der Waals surface area contributed by atoms with Crippen molar-refractivity contribution >= 4 is 5.91 Å². The van der Waals surface area contributed by atoms with Gasteiger partial charge in [-0.2, -0.15) is 0 Å². The summed E-state index contributed by atoms with van der Waals surface area (Å²) in [6.07, 6.45) is 5.02. The van der Waals surface area contributed by atoms with Gasteiger partial charge in [0.1, 0.15) is 5.75 Å². The second kappa shape index (κ2) is 5.74. The van der Waals surface area contributed by atoms with Crippen molar-refractivity contribution in [1.82, 2.24) is 5.32 Å². The van der Waals surface area contributed by atoms with Gasteiger partial charge in [-0.1, -0.05) is 30.7 Å². The Balaban J connectivity index is 2.18. The standard InChI is InChI=1S/C16H19NO2/c1-11-8-9-14(12(2)10-11)17-16(18)13-6-4-5-7-15(13)19-3/h4-9,12H,10H2,1-3H3,(H,17,18). The van der Waals surface area contributed by atoms with Crippen LogP contribution in [0.15, 0.2) is 47.7 Å². The monoisotopic (exact) mass is 257 g/mol. The molecule has 0 radical (unpaired) electrons. The number of benzene rings is 1. The van der Waals surface area contributed by atoms with Crippen molar-refractivity contribution in [3.8, 4) is 5.75 Å². The zero-order valence-electron chi connectivity index (χ0n) is 11.6. The second-order valence-corrected chi connectivity index (χ2v) is 4.89. The van der Waals surface area contributed by atoms with Crippen molar-refractivity contribution in [1.29, 1.82) is 0 Å². The summed E-state index contributed by atoms with van der Waals surface area (Å²) in [5, 5.41) is 2.98. The predicted octanol–water partition coefficient (Wildman–Crippen LogP) is 3.30. The van der Waals surface area contributed by atoms with E-state index < -0.39 is 0 Å². The molecule has 0 aliphatic heterocycles. The Morgan fingerprint density at radius 3 is 2.74 bits per heavy atom. The van der Waals surface area contributed by atoms with Crippen LogP contribution >= 0.6 is 0 Å². The molecule has 1 aromatic carbocycles. The van der Waals surface area contributed by atoms with Gasteiger partial charge in [0.15, 0.2) is 0 Å². The molecule has 0 aromatic heterocycles. The Morgan fingerprint density at radius 2 is 2.05 bits per heavy atom. The van der Waals surface area contributed by atoms with E-state index >= 15 is 0 Å². The van der Waals surface area contributed by atoms with Crippen molar-refractivity contribution in [2.75, 3.05) is 7.11 Å². The number of hydrogen-bond acceptors (Lipinski definition) is 2.